The Morgan fingerprint density at radius 2 is 2.33 bits per heavy atom. The smallest absolute Gasteiger partial charge is 0.318 e. The minimum Gasteiger partial charge on any atom is -0.335 e. The number of amides is 2. The molecule has 3 nitrogen and oxygen atoms in total. The minimum absolute atomic E-state index is 0.111. The summed E-state index contributed by atoms with van der Waals surface area (Å²) >= 11 is 1.75. The van der Waals surface area contributed by atoms with Crippen LogP contribution < -0.4 is 5.32 Å². The maximum Gasteiger partial charge on any atom is 0.318 e. The first-order valence-corrected chi connectivity index (χ1v) is 7.74. The van der Waals surface area contributed by atoms with Gasteiger partial charge in [0.2, 0.25) is 0 Å². The quantitative estimate of drug-likeness (QED) is 0.883. The van der Waals surface area contributed by atoms with Gasteiger partial charge in [-0.2, -0.15) is 0 Å². The van der Waals surface area contributed by atoms with Gasteiger partial charge in [-0.25, -0.2) is 4.79 Å². The van der Waals surface area contributed by atoms with Crippen molar-refractivity contribution < 1.29 is 4.79 Å². The van der Waals surface area contributed by atoms with E-state index in [1.807, 2.05) is 4.90 Å². The van der Waals surface area contributed by atoms with E-state index >= 15 is 0 Å². The summed E-state index contributed by atoms with van der Waals surface area (Å²) < 4.78 is 0. The van der Waals surface area contributed by atoms with Crippen molar-refractivity contribution in [3.63, 3.8) is 0 Å². The molecule has 1 atom stereocenters. The number of likely N-dealkylation sites (tertiary alicyclic amines) is 1. The topological polar surface area (TPSA) is 32.3 Å². The molecule has 0 radical (unpaired) electrons. The van der Waals surface area contributed by atoms with Gasteiger partial charge in [0.05, 0.1) is 6.04 Å². The van der Waals surface area contributed by atoms with Crippen LogP contribution in [0.1, 0.15) is 50.4 Å². The molecule has 2 heterocycles. The number of nitrogens with zero attached hydrogens (tertiary/aromatic N) is 1. The summed E-state index contributed by atoms with van der Waals surface area (Å²) in [5, 5.41) is 5.23. The van der Waals surface area contributed by atoms with Crippen LogP contribution in [0.5, 0.6) is 0 Å². The third-order valence-electron chi connectivity index (χ3n) is 3.70. The van der Waals surface area contributed by atoms with Crippen LogP contribution in [0.2, 0.25) is 0 Å². The molecule has 1 aromatic heterocycles. The lowest BCUT2D eigenvalue weighted by molar-refractivity contribution is 0.189. The van der Waals surface area contributed by atoms with E-state index in [1.54, 1.807) is 11.3 Å². The highest BCUT2D eigenvalue weighted by molar-refractivity contribution is 7.10. The van der Waals surface area contributed by atoms with Gasteiger partial charge in [-0.1, -0.05) is 19.9 Å². The van der Waals surface area contributed by atoms with E-state index in [0.29, 0.717) is 12.1 Å². The molecule has 1 fully saturated rings. The molecule has 0 saturated carbocycles. The molecule has 1 aliphatic rings. The molecule has 4 heteroatoms. The molecular weight excluding hydrogens is 244 g/mol. The predicted molar refractivity (Wildman–Crippen MR) is 75.9 cm³/mol. The molecule has 0 aromatic carbocycles. The SMILES string of the molecule is CCC(CC)NC(=O)N1CCCC1c1cccs1. The van der Waals surface area contributed by atoms with Crippen LogP contribution >= 0.6 is 11.3 Å². The number of urea groups is 1. The number of hydrogen-bond acceptors (Lipinski definition) is 2. The summed E-state index contributed by atoms with van der Waals surface area (Å²) in [7, 11) is 0. The fourth-order valence-electron chi connectivity index (χ4n) is 2.54. The van der Waals surface area contributed by atoms with Crippen LogP contribution in [0.15, 0.2) is 17.5 Å². The molecule has 1 aromatic rings. The Balaban J connectivity index is 2.01. The molecule has 0 bridgehead atoms. The predicted octanol–water partition coefficient (Wildman–Crippen LogP) is 3.78. The molecule has 2 amide bonds. The summed E-state index contributed by atoms with van der Waals surface area (Å²) in [6.45, 7) is 5.12. The zero-order valence-electron chi connectivity index (χ0n) is 11.2. The van der Waals surface area contributed by atoms with Crippen LogP contribution in [-0.2, 0) is 0 Å². The van der Waals surface area contributed by atoms with Gasteiger partial charge in [0.1, 0.15) is 0 Å². The fourth-order valence-corrected chi connectivity index (χ4v) is 3.41. The maximum atomic E-state index is 12.3. The lowest BCUT2D eigenvalue weighted by atomic mass is 10.1. The fraction of sp³-hybridized carbons (Fsp3) is 0.643. The van der Waals surface area contributed by atoms with Gasteiger partial charge >= 0.3 is 6.03 Å². The summed E-state index contributed by atoms with van der Waals surface area (Å²) in [6, 6.07) is 4.91. The summed E-state index contributed by atoms with van der Waals surface area (Å²) in [4.78, 5) is 15.6. The van der Waals surface area contributed by atoms with E-state index in [2.05, 4.69) is 36.7 Å². The van der Waals surface area contributed by atoms with Crippen LogP contribution in [0, 0.1) is 0 Å². The van der Waals surface area contributed by atoms with E-state index in [4.69, 9.17) is 0 Å². The normalized spacial score (nSPS) is 19.5. The van der Waals surface area contributed by atoms with Crippen molar-refractivity contribution >= 4 is 17.4 Å². The van der Waals surface area contributed by atoms with Gasteiger partial charge in [-0.3, -0.25) is 0 Å². The lowest BCUT2D eigenvalue weighted by Gasteiger charge is -2.26. The standard InChI is InChI=1S/C14H22N2OS/c1-3-11(4-2)15-14(17)16-9-5-7-12(16)13-8-6-10-18-13/h6,8,10-12H,3-5,7,9H2,1-2H3,(H,15,17). The second-order valence-electron chi connectivity index (χ2n) is 4.83. The van der Waals surface area contributed by atoms with Crippen LogP contribution in [0.4, 0.5) is 4.79 Å². The van der Waals surface area contributed by atoms with Crippen LogP contribution in [0.25, 0.3) is 0 Å². The second kappa shape index (κ2) is 6.23. The van der Waals surface area contributed by atoms with E-state index in [9.17, 15) is 4.79 Å². The van der Waals surface area contributed by atoms with Crippen molar-refractivity contribution in [2.24, 2.45) is 0 Å². The molecular formula is C14H22N2OS. The molecule has 1 unspecified atom stereocenters. The average Bonchev–Trinajstić information content (AvgIpc) is 3.04. The van der Waals surface area contributed by atoms with Crippen molar-refractivity contribution in [1.29, 1.82) is 0 Å². The molecule has 1 aliphatic heterocycles. The van der Waals surface area contributed by atoms with E-state index in [1.165, 1.54) is 4.88 Å². The number of thiophene rings is 1. The highest BCUT2D eigenvalue weighted by atomic mass is 32.1. The number of rotatable bonds is 4. The Hall–Kier alpha value is -1.03. The molecule has 1 saturated heterocycles. The molecule has 2 rings (SSSR count). The Kier molecular flexibility index (Phi) is 4.64. The van der Waals surface area contributed by atoms with Crippen molar-refractivity contribution in [2.45, 2.75) is 51.6 Å². The zero-order valence-corrected chi connectivity index (χ0v) is 12.0. The third kappa shape index (κ3) is 2.86. The van der Waals surface area contributed by atoms with Crippen LogP contribution in [0.3, 0.4) is 0 Å². The Labute approximate surface area is 113 Å². The van der Waals surface area contributed by atoms with Gasteiger partial charge in [-0.05, 0) is 37.1 Å². The van der Waals surface area contributed by atoms with Crippen LogP contribution in [-0.4, -0.2) is 23.5 Å². The number of hydrogen-bond donors (Lipinski definition) is 1. The largest absolute Gasteiger partial charge is 0.335 e. The van der Waals surface area contributed by atoms with Gasteiger partial charge in [-0.15, -0.1) is 11.3 Å². The average molecular weight is 266 g/mol. The van der Waals surface area contributed by atoms with Crippen molar-refractivity contribution in [3.8, 4) is 0 Å². The molecule has 0 aliphatic carbocycles. The summed E-state index contributed by atoms with van der Waals surface area (Å²) in [5.41, 5.74) is 0. The van der Waals surface area contributed by atoms with E-state index < -0.39 is 0 Å². The first-order chi connectivity index (χ1) is 8.76. The lowest BCUT2D eigenvalue weighted by Crippen LogP contribution is -2.44. The molecule has 0 spiro atoms. The Bertz CT molecular complexity index is 373. The monoisotopic (exact) mass is 266 g/mol. The first-order valence-electron chi connectivity index (χ1n) is 6.86. The Morgan fingerprint density at radius 1 is 1.56 bits per heavy atom. The zero-order chi connectivity index (χ0) is 13.0. The van der Waals surface area contributed by atoms with Gasteiger partial charge in [0, 0.05) is 17.5 Å². The number of nitrogens with one attached hydrogen (secondary N) is 1. The van der Waals surface area contributed by atoms with Gasteiger partial charge in [0.25, 0.3) is 0 Å². The van der Waals surface area contributed by atoms with E-state index in [0.717, 1.165) is 32.2 Å². The number of carbonyl (C=O) groups excluding carboxylic acids is 1. The maximum absolute atomic E-state index is 12.3. The van der Waals surface area contributed by atoms with Crippen molar-refractivity contribution in [2.75, 3.05) is 6.54 Å². The highest BCUT2D eigenvalue weighted by Crippen LogP contribution is 2.34. The number of carbonyl (C=O) groups is 1. The third-order valence-corrected chi connectivity index (χ3v) is 4.67. The van der Waals surface area contributed by atoms with Crippen molar-refractivity contribution in [3.05, 3.63) is 22.4 Å². The summed E-state index contributed by atoms with van der Waals surface area (Å²) in [5.74, 6) is 0. The van der Waals surface area contributed by atoms with Gasteiger partial charge < -0.3 is 10.2 Å². The Morgan fingerprint density at radius 3 is 2.94 bits per heavy atom. The first kappa shape index (κ1) is 13.4. The van der Waals surface area contributed by atoms with Gasteiger partial charge in [0.15, 0.2) is 0 Å². The summed E-state index contributed by atoms with van der Waals surface area (Å²) in [6.07, 6.45) is 4.20. The highest BCUT2D eigenvalue weighted by Gasteiger charge is 2.31. The molecule has 1 N–H and O–H groups in total. The van der Waals surface area contributed by atoms with Crippen molar-refractivity contribution in [1.82, 2.24) is 10.2 Å². The minimum atomic E-state index is 0.111. The van der Waals surface area contributed by atoms with E-state index in [-0.39, 0.29) is 6.03 Å². The molecule has 100 valence electrons. The second-order valence-corrected chi connectivity index (χ2v) is 5.81. The molecule has 18 heavy (non-hydrogen) atoms.